The standard InChI is InChI=1S/C11H13FN4/c1-6-3-7(2)10(8(12)4-6)11(13)9-5-14-16-15-9/h3-5,11H,13H2,1-2H3,(H,14,15,16). The van der Waals surface area contributed by atoms with Crippen LogP contribution in [0.15, 0.2) is 18.3 Å². The van der Waals surface area contributed by atoms with Crippen LogP contribution in [-0.2, 0) is 0 Å². The molecule has 0 aliphatic heterocycles. The van der Waals surface area contributed by atoms with Gasteiger partial charge in [-0.2, -0.15) is 15.4 Å². The zero-order chi connectivity index (χ0) is 11.7. The van der Waals surface area contributed by atoms with Crippen molar-refractivity contribution in [1.82, 2.24) is 15.4 Å². The molecule has 2 aromatic rings. The summed E-state index contributed by atoms with van der Waals surface area (Å²) in [6.45, 7) is 3.69. The molecule has 2 rings (SSSR count). The second kappa shape index (κ2) is 4.02. The number of aryl methyl sites for hydroxylation is 2. The Balaban J connectivity index is 2.48. The van der Waals surface area contributed by atoms with Crippen molar-refractivity contribution in [3.63, 3.8) is 0 Å². The highest BCUT2D eigenvalue weighted by Crippen LogP contribution is 2.24. The Morgan fingerprint density at radius 2 is 2.12 bits per heavy atom. The lowest BCUT2D eigenvalue weighted by Crippen LogP contribution is -2.16. The maximum absolute atomic E-state index is 13.8. The first-order valence-electron chi connectivity index (χ1n) is 4.97. The largest absolute Gasteiger partial charge is 0.319 e. The molecule has 0 fully saturated rings. The molecule has 0 saturated carbocycles. The summed E-state index contributed by atoms with van der Waals surface area (Å²) in [6, 6.07) is 2.79. The van der Waals surface area contributed by atoms with E-state index in [9.17, 15) is 4.39 Å². The van der Waals surface area contributed by atoms with Crippen LogP contribution in [0.25, 0.3) is 0 Å². The Kier molecular flexibility index (Phi) is 2.70. The minimum absolute atomic E-state index is 0.298. The van der Waals surface area contributed by atoms with Gasteiger partial charge in [0.1, 0.15) is 11.5 Å². The van der Waals surface area contributed by atoms with Gasteiger partial charge >= 0.3 is 0 Å². The van der Waals surface area contributed by atoms with E-state index in [1.165, 1.54) is 12.3 Å². The molecule has 0 saturated heterocycles. The number of benzene rings is 1. The van der Waals surface area contributed by atoms with E-state index < -0.39 is 6.04 Å². The van der Waals surface area contributed by atoms with E-state index in [-0.39, 0.29) is 5.82 Å². The van der Waals surface area contributed by atoms with E-state index in [0.29, 0.717) is 11.3 Å². The maximum atomic E-state index is 13.8. The first kappa shape index (κ1) is 10.8. The van der Waals surface area contributed by atoms with Crippen LogP contribution in [0.2, 0.25) is 0 Å². The number of nitrogens with zero attached hydrogens (tertiary/aromatic N) is 2. The smallest absolute Gasteiger partial charge is 0.128 e. The molecule has 1 aromatic carbocycles. The van der Waals surface area contributed by atoms with Crippen molar-refractivity contribution in [1.29, 1.82) is 0 Å². The number of aromatic nitrogens is 3. The topological polar surface area (TPSA) is 67.6 Å². The fourth-order valence-corrected chi connectivity index (χ4v) is 1.83. The van der Waals surface area contributed by atoms with Crippen LogP contribution in [0, 0.1) is 19.7 Å². The molecule has 0 aliphatic rings. The number of rotatable bonds is 2. The molecule has 16 heavy (non-hydrogen) atoms. The van der Waals surface area contributed by atoms with Gasteiger partial charge < -0.3 is 5.73 Å². The summed E-state index contributed by atoms with van der Waals surface area (Å²) < 4.78 is 13.8. The van der Waals surface area contributed by atoms with E-state index in [2.05, 4.69) is 15.4 Å². The third-order valence-electron chi connectivity index (χ3n) is 2.54. The lowest BCUT2D eigenvalue weighted by molar-refractivity contribution is 0.593. The summed E-state index contributed by atoms with van der Waals surface area (Å²) in [4.78, 5) is 0. The Bertz CT molecular complexity index is 470. The molecule has 0 radical (unpaired) electrons. The Labute approximate surface area is 92.7 Å². The number of halogens is 1. The van der Waals surface area contributed by atoms with E-state index >= 15 is 0 Å². The van der Waals surface area contributed by atoms with Crippen molar-refractivity contribution < 1.29 is 4.39 Å². The second-order valence-electron chi connectivity index (χ2n) is 3.85. The summed E-state index contributed by atoms with van der Waals surface area (Å²) in [5, 5.41) is 10.0. The van der Waals surface area contributed by atoms with E-state index in [1.807, 2.05) is 19.9 Å². The Morgan fingerprint density at radius 1 is 1.38 bits per heavy atom. The highest BCUT2D eigenvalue weighted by molar-refractivity contribution is 5.37. The predicted molar refractivity (Wildman–Crippen MR) is 58.3 cm³/mol. The van der Waals surface area contributed by atoms with Crippen LogP contribution in [0.1, 0.15) is 28.4 Å². The fraction of sp³-hybridized carbons (Fsp3) is 0.273. The molecule has 0 spiro atoms. The number of nitrogens with one attached hydrogen (secondary N) is 1. The van der Waals surface area contributed by atoms with Gasteiger partial charge in [-0.1, -0.05) is 6.07 Å². The predicted octanol–water partition coefficient (Wildman–Crippen LogP) is 1.61. The molecule has 84 valence electrons. The molecule has 1 aromatic heterocycles. The highest BCUT2D eigenvalue weighted by atomic mass is 19.1. The van der Waals surface area contributed by atoms with Gasteiger partial charge in [0.25, 0.3) is 0 Å². The molecule has 5 heteroatoms. The fourth-order valence-electron chi connectivity index (χ4n) is 1.83. The van der Waals surface area contributed by atoms with Gasteiger partial charge in [0.15, 0.2) is 0 Å². The van der Waals surface area contributed by atoms with Crippen molar-refractivity contribution in [2.24, 2.45) is 5.73 Å². The first-order valence-corrected chi connectivity index (χ1v) is 4.97. The molecular formula is C11H13FN4. The molecule has 1 unspecified atom stereocenters. The molecule has 0 amide bonds. The quantitative estimate of drug-likeness (QED) is 0.807. The summed E-state index contributed by atoms with van der Waals surface area (Å²) in [5.74, 6) is -0.298. The molecular weight excluding hydrogens is 207 g/mol. The monoisotopic (exact) mass is 220 g/mol. The van der Waals surface area contributed by atoms with Gasteiger partial charge in [-0.3, -0.25) is 0 Å². The minimum Gasteiger partial charge on any atom is -0.319 e. The molecule has 1 heterocycles. The van der Waals surface area contributed by atoms with E-state index in [4.69, 9.17) is 5.73 Å². The third kappa shape index (κ3) is 1.81. The SMILES string of the molecule is Cc1cc(C)c(C(N)c2cn[nH]n2)c(F)c1. The lowest BCUT2D eigenvalue weighted by atomic mass is 9.97. The number of hydrogen-bond acceptors (Lipinski definition) is 3. The van der Waals surface area contributed by atoms with Crippen LogP contribution >= 0.6 is 0 Å². The number of aromatic amines is 1. The minimum atomic E-state index is -0.584. The number of hydrogen-bond donors (Lipinski definition) is 2. The van der Waals surface area contributed by atoms with Crippen LogP contribution in [0.4, 0.5) is 4.39 Å². The van der Waals surface area contributed by atoms with Gasteiger partial charge in [-0.15, -0.1) is 0 Å². The molecule has 0 bridgehead atoms. The Morgan fingerprint density at radius 3 is 2.69 bits per heavy atom. The van der Waals surface area contributed by atoms with Gasteiger partial charge in [-0.05, 0) is 31.0 Å². The van der Waals surface area contributed by atoms with Crippen molar-refractivity contribution in [2.45, 2.75) is 19.9 Å². The van der Waals surface area contributed by atoms with E-state index in [1.54, 1.807) is 0 Å². The van der Waals surface area contributed by atoms with Crippen LogP contribution < -0.4 is 5.73 Å². The Hall–Kier alpha value is -1.75. The molecule has 3 N–H and O–H groups in total. The van der Waals surface area contributed by atoms with Crippen LogP contribution in [0.3, 0.4) is 0 Å². The maximum Gasteiger partial charge on any atom is 0.128 e. The van der Waals surface area contributed by atoms with Gasteiger partial charge in [0, 0.05) is 5.56 Å². The van der Waals surface area contributed by atoms with Crippen LogP contribution in [-0.4, -0.2) is 15.4 Å². The third-order valence-corrected chi connectivity index (χ3v) is 2.54. The summed E-state index contributed by atoms with van der Waals surface area (Å²) in [6.07, 6.45) is 1.50. The second-order valence-corrected chi connectivity index (χ2v) is 3.85. The van der Waals surface area contributed by atoms with Crippen molar-refractivity contribution in [3.8, 4) is 0 Å². The average molecular weight is 220 g/mol. The number of nitrogens with two attached hydrogens (primary N) is 1. The summed E-state index contributed by atoms with van der Waals surface area (Å²) in [7, 11) is 0. The number of H-pyrrole nitrogens is 1. The van der Waals surface area contributed by atoms with Crippen LogP contribution in [0.5, 0.6) is 0 Å². The van der Waals surface area contributed by atoms with Crippen molar-refractivity contribution in [2.75, 3.05) is 0 Å². The van der Waals surface area contributed by atoms with Crippen molar-refractivity contribution >= 4 is 0 Å². The zero-order valence-corrected chi connectivity index (χ0v) is 9.16. The normalized spacial score (nSPS) is 12.8. The van der Waals surface area contributed by atoms with Gasteiger partial charge in [0.05, 0.1) is 12.2 Å². The summed E-state index contributed by atoms with van der Waals surface area (Å²) in [5.41, 5.74) is 8.66. The summed E-state index contributed by atoms with van der Waals surface area (Å²) >= 11 is 0. The first-order chi connectivity index (χ1) is 7.59. The molecule has 1 atom stereocenters. The van der Waals surface area contributed by atoms with Crippen molar-refractivity contribution in [3.05, 3.63) is 46.5 Å². The molecule has 0 aliphatic carbocycles. The molecule has 4 nitrogen and oxygen atoms in total. The van der Waals surface area contributed by atoms with Gasteiger partial charge in [0.2, 0.25) is 0 Å². The van der Waals surface area contributed by atoms with Gasteiger partial charge in [-0.25, -0.2) is 4.39 Å². The zero-order valence-electron chi connectivity index (χ0n) is 9.16. The average Bonchev–Trinajstić information content (AvgIpc) is 2.67. The lowest BCUT2D eigenvalue weighted by Gasteiger charge is -2.13. The van der Waals surface area contributed by atoms with E-state index in [0.717, 1.165) is 11.1 Å². The highest BCUT2D eigenvalue weighted by Gasteiger charge is 2.18.